The number of nitrogens with zero attached hydrogens (tertiary/aromatic N) is 3. The van der Waals surface area contributed by atoms with E-state index in [2.05, 4.69) is 16.5 Å². The average molecular weight is 842 g/mol. The summed E-state index contributed by atoms with van der Waals surface area (Å²) in [4.78, 5) is 58.7. The van der Waals surface area contributed by atoms with Crippen molar-refractivity contribution in [3.63, 3.8) is 0 Å². The minimum absolute atomic E-state index is 0.0170. The van der Waals surface area contributed by atoms with Crippen molar-refractivity contribution in [2.24, 2.45) is 5.92 Å². The molecule has 3 aliphatic rings. The Labute approximate surface area is 347 Å². The molecule has 4 heterocycles. The Bertz CT molecular complexity index is 2250. The number of hydrogen-bond acceptors (Lipinski definition) is 9. The van der Waals surface area contributed by atoms with Gasteiger partial charge < -0.3 is 24.4 Å². The van der Waals surface area contributed by atoms with Crippen molar-refractivity contribution >= 4 is 52.6 Å². The number of hydrogen-bond donors (Lipinski definition) is 2. The highest BCUT2D eigenvalue weighted by Crippen LogP contribution is 2.58. The SMILES string of the molecule is CCCOC(=O)[C@H](C)NP(=O)(Oc1ccccc1)C(F)c1ccc2sc(C(=O)NC3CCCC[C@H]4CC[C@@H](C(=O)N5C[C@@H](C#N)[C@H](c6ccccc6)C5)N4C3=O)cc2c1. The van der Waals surface area contributed by atoms with E-state index in [4.69, 9.17) is 9.26 Å². The molecule has 1 aromatic heterocycles. The first-order valence-electron chi connectivity index (χ1n) is 20.3. The number of esters is 1. The number of nitriles is 1. The summed E-state index contributed by atoms with van der Waals surface area (Å²) in [6.07, 6.45) is 4.57. The van der Waals surface area contributed by atoms with E-state index in [0.29, 0.717) is 53.7 Å². The summed E-state index contributed by atoms with van der Waals surface area (Å²) in [6.45, 7) is 4.13. The summed E-state index contributed by atoms with van der Waals surface area (Å²) in [7, 11) is -4.45. The Morgan fingerprint density at radius 3 is 2.44 bits per heavy atom. The molecule has 310 valence electrons. The fraction of sp³-hybridized carbons (Fsp3) is 0.432. The van der Waals surface area contributed by atoms with Crippen molar-refractivity contribution in [3.05, 3.63) is 101 Å². The van der Waals surface area contributed by atoms with Crippen molar-refractivity contribution in [1.29, 1.82) is 5.26 Å². The maximum absolute atomic E-state index is 16.5. The molecule has 3 aromatic carbocycles. The second-order valence-electron chi connectivity index (χ2n) is 15.6. The van der Waals surface area contributed by atoms with E-state index in [1.54, 1.807) is 40.1 Å². The van der Waals surface area contributed by atoms with Crippen molar-refractivity contribution in [1.82, 2.24) is 20.2 Å². The number of para-hydroxylation sites is 1. The number of thiophene rings is 1. The Hall–Kier alpha value is -5.09. The third-order valence-electron chi connectivity index (χ3n) is 11.4. The lowest BCUT2D eigenvalue weighted by Gasteiger charge is -2.36. The van der Waals surface area contributed by atoms with Crippen LogP contribution < -0.4 is 14.9 Å². The summed E-state index contributed by atoms with van der Waals surface area (Å²) in [5, 5.41) is 16.0. The van der Waals surface area contributed by atoms with E-state index < -0.39 is 43.4 Å². The number of ether oxygens (including phenoxy) is 1. The molecular formula is C44H49FN5O7PS. The Morgan fingerprint density at radius 2 is 1.71 bits per heavy atom. The van der Waals surface area contributed by atoms with Crippen molar-refractivity contribution < 1.29 is 37.4 Å². The van der Waals surface area contributed by atoms with E-state index >= 15 is 4.39 Å². The predicted molar refractivity (Wildman–Crippen MR) is 222 cm³/mol. The van der Waals surface area contributed by atoms with Crippen LogP contribution in [-0.2, 0) is 23.7 Å². The third kappa shape index (κ3) is 9.23. The van der Waals surface area contributed by atoms with Gasteiger partial charge in [-0.25, -0.2) is 9.48 Å². The van der Waals surface area contributed by atoms with E-state index in [1.165, 1.54) is 42.5 Å². The van der Waals surface area contributed by atoms with Crippen LogP contribution in [0.1, 0.15) is 91.4 Å². The van der Waals surface area contributed by atoms with Gasteiger partial charge in [-0.05, 0) is 85.9 Å². The van der Waals surface area contributed by atoms with Crippen LogP contribution in [0.5, 0.6) is 5.75 Å². The minimum atomic E-state index is -4.45. The number of carbonyl (C=O) groups is 4. The lowest BCUT2D eigenvalue weighted by molar-refractivity contribution is -0.146. The smallest absolute Gasteiger partial charge is 0.355 e. The maximum Gasteiger partial charge on any atom is 0.355 e. The summed E-state index contributed by atoms with van der Waals surface area (Å²) < 4.78 is 42.4. The first-order chi connectivity index (χ1) is 28.5. The first kappa shape index (κ1) is 42.0. The summed E-state index contributed by atoms with van der Waals surface area (Å²) in [6, 6.07) is 23.7. The molecule has 7 rings (SSSR count). The third-order valence-corrected chi connectivity index (χ3v) is 14.7. The summed E-state index contributed by atoms with van der Waals surface area (Å²) in [5.74, 6) is -4.11. The van der Waals surface area contributed by atoms with Crippen molar-refractivity contribution in [2.75, 3.05) is 19.7 Å². The van der Waals surface area contributed by atoms with Gasteiger partial charge in [0.1, 0.15) is 23.9 Å². The van der Waals surface area contributed by atoms with Crippen LogP contribution in [0.2, 0.25) is 0 Å². The molecule has 4 aromatic rings. The van der Waals surface area contributed by atoms with Gasteiger partial charge in [-0.3, -0.25) is 23.7 Å². The minimum Gasteiger partial charge on any atom is -0.465 e. The van der Waals surface area contributed by atoms with Crippen LogP contribution in [0, 0.1) is 17.2 Å². The molecule has 0 saturated carbocycles. The van der Waals surface area contributed by atoms with Gasteiger partial charge in [0.05, 0.1) is 23.5 Å². The molecule has 0 spiro atoms. The highest BCUT2D eigenvalue weighted by molar-refractivity contribution is 7.57. The molecule has 0 radical (unpaired) electrons. The Kier molecular flexibility index (Phi) is 13.1. The second kappa shape index (κ2) is 18.4. The van der Waals surface area contributed by atoms with Gasteiger partial charge in [0.15, 0.2) is 0 Å². The monoisotopic (exact) mass is 841 g/mol. The molecule has 3 fully saturated rings. The number of likely N-dealkylation sites (tertiary alicyclic amines) is 1. The van der Waals surface area contributed by atoms with Crippen LogP contribution in [0.3, 0.4) is 0 Å². The van der Waals surface area contributed by atoms with Crippen LogP contribution in [0.15, 0.2) is 84.9 Å². The highest BCUT2D eigenvalue weighted by atomic mass is 32.1. The molecule has 3 aliphatic heterocycles. The van der Waals surface area contributed by atoms with Crippen LogP contribution in [-0.4, -0.2) is 77.4 Å². The fourth-order valence-electron chi connectivity index (χ4n) is 8.45. The molecule has 15 heteroatoms. The highest BCUT2D eigenvalue weighted by Gasteiger charge is 2.47. The number of carbonyl (C=O) groups excluding carboxylic acids is 4. The lowest BCUT2D eigenvalue weighted by atomic mass is 9.90. The summed E-state index contributed by atoms with van der Waals surface area (Å²) >= 11 is 1.18. The van der Waals surface area contributed by atoms with Crippen molar-refractivity contribution in [3.8, 4) is 11.8 Å². The largest absolute Gasteiger partial charge is 0.465 e. The molecule has 59 heavy (non-hydrogen) atoms. The number of fused-ring (bicyclic) bond motifs is 2. The standard InChI is InChI=1S/C44H49FN5O7PS/c1-3-22-56-44(54)28(2)48-58(55,57-34-15-8-5-9-16-34)40(45)30-18-21-38-31(23-30)24-39(59-38)41(51)47-36-17-11-10-14-33-19-20-37(50(33)42(36)52)43(53)49-26-32(25-46)35(27-49)29-12-6-4-7-13-29/h4-9,12-13,15-16,18,21,23-24,28,32-33,35-37,40H,3,10-11,14,17,19-20,22,26-27H2,1-2H3,(H,47,51)(H,48,55)/t28-,32+,33-,35-,36?,37-,40?,58?/m0/s1. The number of rotatable bonds is 13. The van der Waals surface area contributed by atoms with Gasteiger partial charge >= 0.3 is 13.5 Å². The molecule has 8 atom stereocenters. The number of benzene rings is 3. The molecule has 0 bridgehead atoms. The topological polar surface area (TPSA) is 158 Å². The Morgan fingerprint density at radius 1 is 0.983 bits per heavy atom. The number of halogens is 1. The number of amides is 3. The van der Waals surface area contributed by atoms with E-state index in [9.17, 15) is 29.0 Å². The molecule has 0 aliphatic carbocycles. The van der Waals surface area contributed by atoms with Crippen molar-refractivity contribution in [2.45, 2.75) is 94.8 Å². The van der Waals surface area contributed by atoms with Gasteiger partial charge in [0, 0.05) is 29.7 Å². The first-order valence-corrected chi connectivity index (χ1v) is 22.8. The molecule has 12 nitrogen and oxygen atoms in total. The van der Waals surface area contributed by atoms with Gasteiger partial charge in [0.2, 0.25) is 17.7 Å². The quantitative estimate of drug-likeness (QED) is 0.101. The Balaban J connectivity index is 1.07. The predicted octanol–water partition coefficient (Wildman–Crippen LogP) is 7.87. The molecule has 2 N–H and O–H groups in total. The lowest BCUT2D eigenvalue weighted by Crippen LogP contribution is -2.56. The van der Waals surface area contributed by atoms with Gasteiger partial charge in [0.25, 0.3) is 5.91 Å². The molecular weight excluding hydrogens is 793 g/mol. The maximum atomic E-state index is 16.5. The zero-order valence-electron chi connectivity index (χ0n) is 33.1. The van der Waals surface area contributed by atoms with Gasteiger partial charge in [-0.2, -0.15) is 5.26 Å². The molecule has 3 amide bonds. The fourth-order valence-corrected chi connectivity index (χ4v) is 11.3. The zero-order chi connectivity index (χ0) is 41.7. The normalized spacial score (nSPS) is 23.9. The van der Waals surface area contributed by atoms with Gasteiger partial charge in [-0.15, -0.1) is 11.3 Å². The van der Waals surface area contributed by atoms with Crippen LogP contribution >= 0.6 is 18.9 Å². The average Bonchev–Trinajstić information content (AvgIpc) is 4.00. The van der Waals surface area contributed by atoms with E-state index in [1.807, 2.05) is 37.3 Å². The van der Waals surface area contributed by atoms with Crippen LogP contribution in [0.4, 0.5) is 4.39 Å². The summed E-state index contributed by atoms with van der Waals surface area (Å²) in [5.41, 5.74) is 1.03. The van der Waals surface area contributed by atoms with Gasteiger partial charge in [-0.1, -0.05) is 74.4 Å². The number of alkyl halides is 1. The molecule has 3 unspecified atom stereocenters. The van der Waals surface area contributed by atoms with Crippen LogP contribution in [0.25, 0.3) is 10.1 Å². The van der Waals surface area contributed by atoms with E-state index in [0.717, 1.165) is 24.8 Å². The second-order valence-corrected chi connectivity index (χ2v) is 18.7. The van der Waals surface area contributed by atoms with E-state index in [-0.39, 0.29) is 47.6 Å². The molecule has 3 saturated heterocycles. The number of nitrogens with one attached hydrogen (secondary N) is 2. The zero-order valence-corrected chi connectivity index (χ0v) is 34.8.